The van der Waals surface area contributed by atoms with Crippen LogP contribution < -0.4 is 5.32 Å². The van der Waals surface area contributed by atoms with Crippen LogP contribution in [0.5, 0.6) is 0 Å². The molecule has 3 heterocycles. The van der Waals surface area contributed by atoms with E-state index >= 15 is 0 Å². The van der Waals surface area contributed by atoms with Gasteiger partial charge in [0.25, 0.3) is 0 Å². The van der Waals surface area contributed by atoms with Crippen molar-refractivity contribution < 1.29 is 23.5 Å². The minimum atomic E-state index is -0.408. The molecule has 0 unspecified atom stereocenters. The Labute approximate surface area is 180 Å². The molecule has 1 amide bonds. The molecule has 1 N–H and O–H groups in total. The van der Waals surface area contributed by atoms with Crippen LogP contribution in [0.2, 0.25) is 0 Å². The monoisotopic (exact) mass is 449 g/mol. The number of nitrogens with zero attached hydrogens (tertiary/aromatic N) is 2. The molecule has 0 radical (unpaired) electrons. The summed E-state index contributed by atoms with van der Waals surface area (Å²) in [7, 11) is 0. The Morgan fingerprint density at radius 1 is 1.23 bits per heavy atom. The molecule has 0 fully saturated rings. The number of aromatic nitrogens is 1. The summed E-state index contributed by atoms with van der Waals surface area (Å²) in [5, 5.41) is 4.39. The summed E-state index contributed by atoms with van der Waals surface area (Å²) in [5.41, 5.74) is 2.04. The zero-order chi connectivity index (χ0) is 21.3. The van der Waals surface area contributed by atoms with Crippen molar-refractivity contribution in [1.82, 2.24) is 9.88 Å². The number of carbonyl (C=O) groups is 2. The number of ether oxygens (including phenoxy) is 2. The number of anilines is 2. The minimum absolute atomic E-state index is 0.262. The van der Waals surface area contributed by atoms with E-state index in [2.05, 4.69) is 10.3 Å². The van der Waals surface area contributed by atoms with Gasteiger partial charge in [-0.2, -0.15) is 0 Å². The van der Waals surface area contributed by atoms with Gasteiger partial charge in [-0.15, -0.1) is 11.3 Å². The van der Waals surface area contributed by atoms with E-state index in [1.165, 1.54) is 34.8 Å². The predicted octanol–water partition coefficient (Wildman–Crippen LogP) is 4.93. The second kappa shape index (κ2) is 8.57. The quantitative estimate of drug-likeness (QED) is 0.556. The first-order chi connectivity index (χ1) is 14.5. The largest absolute Gasteiger partial charge is 0.462 e. The number of amides is 1. The van der Waals surface area contributed by atoms with Crippen molar-refractivity contribution in [3.8, 4) is 0 Å². The highest BCUT2D eigenvalue weighted by Gasteiger charge is 2.31. The molecule has 1 aromatic carbocycles. The van der Waals surface area contributed by atoms with Gasteiger partial charge in [0.2, 0.25) is 0 Å². The molecule has 0 spiro atoms. The maximum absolute atomic E-state index is 13.5. The summed E-state index contributed by atoms with van der Waals surface area (Å²) in [6.45, 7) is 4.94. The van der Waals surface area contributed by atoms with Crippen LogP contribution in [0.4, 0.5) is 19.3 Å². The lowest BCUT2D eigenvalue weighted by Crippen LogP contribution is -2.36. The average Bonchev–Trinajstić information content (AvgIpc) is 3.27. The number of fused-ring (bicyclic) bond motifs is 2. The van der Waals surface area contributed by atoms with Crippen LogP contribution in [0.15, 0.2) is 18.2 Å². The van der Waals surface area contributed by atoms with E-state index in [-0.39, 0.29) is 18.5 Å². The molecule has 0 saturated heterocycles. The smallest absolute Gasteiger partial charge is 0.410 e. The van der Waals surface area contributed by atoms with Crippen molar-refractivity contribution in [2.24, 2.45) is 0 Å². The molecule has 7 nitrogen and oxygen atoms in total. The second-order valence-corrected chi connectivity index (χ2v) is 8.69. The lowest BCUT2D eigenvalue weighted by atomic mass is 10.0. The summed E-state index contributed by atoms with van der Waals surface area (Å²) >= 11 is 2.70. The summed E-state index contributed by atoms with van der Waals surface area (Å²) in [6, 6.07) is 4.42. The Morgan fingerprint density at radius 3 is 2.80 bits per heavy atom. The van der Waals surface area contributed by atoms with E-state index in [1.807, 2.05) is 0 Å². The number of nitrogens with one attached hydrogen (secondary N) is 1. The summed E-state index contributed by atoms with van der Waals surface area (Å²) in [5.74, 6) is -0.732. The fourth-order valence-corrected chi connectivity index (χ4v) is 5.54. The van der Waals surface area contributed by atoms with Gasteiger partial charge in [-0.05, 0) is 44.0 Å². The molecule has 158 valence electrons. The lowest BCUT2D eigenvalue weighted by Gasteiger charge is -2.26. The van der Waals surface area contributed by atoms with Crippen molar-refractivity contribution in [2.45, 2.75) is 26.8 Å². The molecule has 2 aromatic heterocycles. The van der Waals surface area contributed by atoms with Crippen molar-refractivity contribution in [3.05, 3.63) is 40.0 Å². The van der Waals surface area contributed by atoms with E-state index in [9.17, 15) is 14.0 Å². The van der Waals surface area contributed by atoms with Gasteiger partial charge in [0.1, 0.15) is 10.8 Å². The van der Waals surface area contributed by atoms with Crippen LogP contribution >= 0.6 is 22.7 Å². The van der Waals surface area contributed by atoms with Crippen LogP contribution in [0.1, 0.15) is 34.6 Å². The highest BCUT2D eigenvalue weighted by Crippen LogP contribution is 2.40. The first-order valence-corrected chi connectivity index (χ1v) is 11.2. The molecule has 30 heavy (non-hydrogen) atoms. The van der Waals surface area contributed by atoms with Gasteiger partial charge in [0.15, 0.2) is 5.13 Å². The molecular formula is C20H20FN3O4S2. The van der Waals surface area contributed by atoms with Crippen molar-refractivity contribution in [2.75, 3.05) is 25.1 Å². The zero-order valence-corrected chi connectivity index (χ0v) is 18.1. The van der Waals surface area contributed by atoms with Gasteiger partial charge >= 0.3 is 12.1 Å². The van der Waals surface area contributed by atoms with Gasteiger partial charge in [-0.1, -0.05) is 11.3 Å². The normalized spacial score (nSPS) is 13.2. The van der Waals surface area contributed by atoms with Gasteiger partial charge in [0, 0.05) is 11.4 Å². The highest BCUT2D eigenvalue weighted by molar-refractivity contribution is 7.23. The Balaban J connectivity index is 1.67. The van der Waals surface area contributed by atoms with Crippen LogP contribution in [-0.2, 0) is 22.4 Å². The maximum Gasteiger partial charge on any atom is 0.410 e. The number of hydrogen-bond donors (Lipinski definition) is 1. The first kappa shape index (κ1) is 20.5. The molecule has 1 aliphatic heterocycles. The Kier molecular flexibility index (Phi) is 5.87. The number of esters is 1. The molecule has 0 bridgehead atoms. The fourth-order valence-electron chi connectivity index (χ4n) is 3.33. The molecule has 4 rings (SSSR count). The molecule has 0 aliphatic carbocycles. The number of benzene rings is 1. The summed E-state index contributed by atoms with van der Waals surface area (Å²) in [6.07, 6.45) is 0.169. The van der Waals surface area contributed by atoms with Crippen LogP contribution in [0.25, 0.3) is 10.2 Å². The van der Waals surface area contributed by atoms with Crippen LogP contribution in [-0.4, -0.2) is 41.7 Å². The number of halogens is 1. The third-order valence-electron chi connectivity index (χ3n) is 4.63. The minimum Gasteiger partial charge on any atom is -0.462 e. The molecular weight excluding hydrogens is 429 g/mol. The number of carbonyl (C=O) groups excluding carboxylic acids is 2. The standard InChI is InChI=1S/C20H20FN3O4S2/c1-3-27-18(25)16-12-7-8-24(20(26)28-4-2)10-15(12)29-17(16)23-19-22-13-6-5-11(21)9-14(13)30-19/h5-6,9H,3-4,7-8,10H2,1-2H3,(H,22,23). The van der Waals surface area contributed by atoms with Crippen LogP contribution in [0.3, 0.4) is 0 Å². The maximum atomic E-state index is 13.5. The molecule has 0 atom stereocenters. The third kappa shape index (κ3) is 3.97. The zero-order valence-electron chi connectivity index (χ0n) is 16.5. The van der Waals surface area contributed by atoms with E-state index in [0.29, 0.717) is 52.0 Å². The SMILES string of the molecule is CCOC(=O)c1c(Nc2nc3ccc(F)cc3s2)sc2c1CCN(C(=O)OCC)C2. The fraction of sp³-hybridized carbons (Fsp3) is 0.350. The predicted molar refractivity (Wildman–Crippen MR) is 114 cm³/mol. The van der Waals surface area contributed by atoms with Gasteiger partial charge < -0.3 is 19.7 Å². The summed E-state index contributed by atoms with van der Waals surface area (Å²) in [4.78, 5) is 31.8. The van der Waals surface area contributed by atoms with Gasteiger partial charge in [-0.25, -0.2) is 19.0 Å². The number of thiophene rings is 1. The Bertz CT molecular complexity index is 1110. The van der Waals surface area contributed by atoms with E-state index in [0.717, 1.165) is 10.4 Å². The van der Waals surface area contributed by atoms with E-state index < -0.39 is 5.97 Å². The van der Waals surface area contributed by atoms with Gasteiger partial charge in [0.05, 0.1) is 35.5 Å². The van der Waals surface area contributed by atoms with E-state index in [4.69, 9.17) is 9.47 Å². The lowest BCUT2D eigenvalue weighted by molar-refractivity contribution is 0.0526. The van der Waals surface area contributed by atoms with E-state index in [1.54, 1.807) is 24.8 Å². The topological polar surface area (TPSA) is 80.8 Å². The third-order valence-corrected chi connectivity index (χ3v) is 6.70. The molecule has 3 aromatic rings. The highest BCUT2D eigenvalue weighted by atomic mass is 32.1. The second-order valence-electron chi connectivity index (χ2n) is 6.55. The number of hydrogen-bond acceptors (Lipinski definition) is 8. The summed E-state index contributed by atoms with van der Waals surface area (Å²) < 4.78 is 24.6. The van der Waals surface area contributed by atoms with Crippen molar-refractivity contribution in [3.63, 3.8) is 0 Å². The average molecular weight is 450 g/mol. The molecule has 0 saturated carbocycles. The first-order valence-electron chi connectivity index (χ1n) is 9.56. The Morgan fingerprint density at radius 2 is 2.03 bits per heavy atom. The number of thiazole rings is 1. The molecule has 10 heteroatoms. The van der Waals surface area contributed by atoms with Crippen LogP contribution in [0, 0.1) is 5.82 Å². The Hall–Kier alpha value is -2.72. The number of rotatable bonds is 5. The van der Waals surface area contributed by atoms with Gasteiger partial charge in [-0.3, -0.25) is 0 Å². The van der Waals surface area contributed by atoms with Crippen molar-refractivity contribution in [1.29, 1.82) is 0 Å². The van der Waals surface area contributed by atoms with Crippen molar-refractivity contribution >= 4 is 55.1 Å². The molecule has 1 aliphatic rings.